The number of carbonyl (C=O) groups is 3. The molecular weight excluding hydrogens is 184 g/mol. The van der Waals surface area contributed by atoms with E-state index in [-0.39, 0.29) is 19.4 Å². The molecule has 0 aromatic rings. The van der Waals surface area contributed by atoms with E-state index in [0.29, 0.717) is 0 Å². The molecule has 0 aliphatic rings. The van der Waals surface area contributed by atoms with E-state index in [1.54, 1.807) is 6.92 Å². The number of carboxylic acid groups (broad SMARTS) is 3. The van der Waals surface area contributed by atoms with Crippen LogP contribution < -0.4 is 0 Å². The molecule has 0 spiro atoms. The molecule has 0 aromatic heterocycles. The van der Waals surface area contributed by atoms with E-state index < -0.39 is 12.1 Å². The molecule has 1 atom stereocenters. The van der Waals surface area contributed by atoms with Crippen LogP contribution in [0, 0.1) is 0 Å². The zero-order chi connectivity index (χ0) is 11.3. The van der Waals surface area contributed by atoms with Crippen LogP contribution >= 0.6 is 0 Å². The van der Waals surface area contributed by atoms with Crippen molar-refractivity contribution in [1.29, 1.82) is 0 Å². The molecule has 0 rings (SSSR count). The van der Waals surface area contributed by atoms with Crippen LogP contribution in [0.2, 0.25) is 0 Å². The van der Waals surface area contributed by atoms with Gasteiger partial charge in [0.1, 0.15) is 0 Å². The number of aliphatic hydroxyl groups excluding tert-OH is 1. The summed E-state index contributed by atoms with van der Waals surface area (Å²) >= 11 is 0. The van der Waals surface area contributed by atoms with Crippen molar-refractivity contribution in [2.24, 2.45) is 0 Å². The van der Waals surface area contributed by atoms with Gasteiger partial charge < -0.3 is 20.4 Å². The van der Waals surface area contributed by atoms with Crippen LogP contribution in [0.4, 0.5) is 0 Å². The second-order valence-electron chi connectivity index (χ2n) is 1.47. The lowest BCUT2D eigenvalue weighted by atomic mass is 10.3. The van der Waals surface area contributed by atoms with E-state index in [2.05, 4.69) is 0 Å². The molecule has 0 saturated carbocycles. The second-order valence-corrected chi connectivity index (χ2v) is 1.47. The molecule has 0 aliphatic heterocycles. The molecule has 0 radical (unpaired) electrons. The Bertz CT molecular complexity index is 127. The van der Waals surface area contributed by atoms with Crippen molar-refractivity contribution in [3.05, 3.63) is 0 Å². The molecule has 4 N–H and O–H groups in total. The van der Waals surface area contributed by atoms with Gasteiger partial charge in [0.15, 0.2) is 6.10 Å². The lowest BCUT2D eigenvalue weighted by Crippen LogP contribution is -2.17. The van der Waals surface area contributed by atoms with Gasteiger partial charge in [-0.25, -0.2) is 4.79 Å². The topological polar surface area (TPSA) is 132 Å². The largest absolute Gasteiger partial charge is 0.483 e. The van der Waals surface area contributed by atoms with Crippen molar-refractivity contribution < 1.29 is 34.8 Å². The zero-order valence-corrected chi connectivity index (χ0v) is 6.95. The van der Waals surface area contributed by atoms with Gasteiger partial charge in [-0.1, -0.05) is 6.92 Å². The van der Waals surface area contributed by atoms with E-state index in [4.69, 9.17) is 30.0 Å². The normalized spacial score (nSPS) is 9.08. The van der Waals surface area contributed by atoms with Crippen molar-refractivity contribution in [3.8, 4) is 0 Å². The number of hydrogen-bond acceptors (Lipinski definition) is 4. The third kappa shape index (κ3) is 38.0. The molecule has 7 nitrogen and oxygen atoms in total. The summed E-state index contributed by atoms with van der Waals surface area (Å²) in [6, 6.07) is 0. The molecule has 1 unspecified atom stereocenters. The molecule has 0 fully saturated rings. The van der Waals surface area contributed by atoms with Crippen molar-refractivity contribution >= 4 is 18.9 Å². The van der Waals surface area contributed by atoms with E-state index in [1.165, 1.54) is 0 Å². The minimum atomic E-state index is -1.18. The Balaban J connectivity index is -0.000000140. The summed E-state index contributed by atoms with van der Waals surface area (Å²) in [4.78, 5) is 26.4. The molecule has 0 aliphatic carbocycles. The second kappa shape index (κ2) is 16.8. The molecular formula is C6H12O7. The Morgan fingerprint density at radius 1 is 1.31 bits per heavy atom. The highest BCUT2D eigenvalue weighted by molar-refractivity contribution is 5.71. The van der Waals surface area contributed by atoms with Gasteiger partial charge in [-0.2, -0.15) is 0 Å². The maximum Gasteiger partial charge on any atom is 0.332 e. The summed E-state index contributed by atoms with van der Waals surface area (Å²) in [6.45, 7) is 1.11. The predicted octanol–water partition coefficient (Wildman–Crippen LogP) is -0.756. The van der Waals surface area contributed by atoms with Gasteiger partial charge in [0.05, 0.1) is 0 Å². The van der Waals surface area contributed by atoms with Gasteiger partial charge >= 0.3 is 5.97 Å². The fraction of sp³-hybridized carbons (Fsp3) is 0.500. The smallest absolute Gasteiger partial charge is 0.332 e. The quantitative estimate of drug-likeness (QED) is 0.427. The van der Waals surface area contributed by atoms with Crippen LogP contribution in [0.25, 0.3) is 0 Å². The molecule has 78 valence electrons. The molecule has 0 aromatic carbocycles. The molecule has 7 heteroatoms. The van der Waals surface area contributed by atoms with Crippen molar-refractivity contribution in [1.82, 2.24) is 0 Å². The van der Waals surface area contributed by atoms with Gasteiger partial charge in [0.2, 0.25) is 0 Å². The summed E-state index contributed by atoms with van der Waals surface area (Å²) in [6.07, 6.45) is -0.907. The summed E-state index contributed by atoms with van der Waals surface area (Å²) in [5.41, 5.74) is 0. The molecule has 0 heterocycles. The first-order chi connectivity index (χ1) is 6.01. The van der Waals surface area contributed by atoms with Gasteiger partial charge in [-0.15, -0.1) is 0 Å². The maximum atomic E-state index is 9.68. The average molecular weight is 196 g/mol. The van der Waals surface area contributed by atoms with E-state index >= 15 is 0 Å². The van der Waals surface area contributed by atoms with Crippen LogP contribution in [0.15, 0.2) is 0 Å². The standard InChI is InChI=1S/C4H8O3.2CH2O2/c1-2-3(5)4(6)7;2*2-1-3/h3,5H,2H2,1H3,(H,6,7);2*1H,(H,2,3). The van der Waals surface area contributed by atoms with E-state index in [0.717, 1.165) is 0 Å². The molecule has 0 bridgehead atoms. The van der Waals surface area contributed by atoms with Crippen molar-refractivity contribution in [2.45, 2.75) is 19.4 Å². The SMILES string of the molecule is CCC(O)C(=O)O.O=CO.O=CO. The van der Waals surface area contributed by atoms with Gasteiger partial charge in [-0.05, 0) is 6.42 Å². The summed E-state index contributed by atoms with van der Waals surface area (Å²) in [5.74, 6) is -1.15. The minimum Gasteiger partial charge on any atom is -0.483 e. The number of rotatable bonds is 2. The highest BCUT2D eigenvalue weighted by Gasteiger charge is 2.07. The zero-order valence-electron chi connectivity index (χ0n) is 6.95. The van der Waals surface area contributed by atoms with Gasteiger partial charge in [0.25, 0.3) is 12.9 Å². The van der Waals surface area contributed by atoms with Crippen LogP contribution in [0.3, 0.4) is 0 Å². The monoisotopic (exact) mass is 196 g/mol. The Hall–Kier alpha value is -1.63. The van der Waals surface area contributed by atoms with E-state index in [1.807, 2.05) is 0 Å². The lowest BCUT2D eigenvalue weighted by Gasteiger charge is -1.95. The van der Waals surface area contributed by atoms with Crippen molar-refractivity contribution in [2.75, 3.05) is 0 Å². The van der Waals surface area contributed by atoms with E-state index in [9.17, 15) is 4.79 Å². The first-order valence-corrected chi connectivity index (χ1v) is 3.08. The van der Waals surface area contributed by atoms with Crippen LogP contribution in [0.1, 0.15) is 13.3 Å². The average Bonchev–Trinajstić information content (AvgIpc) is 2.05. The number of carboxylic acids is 1. The highest BCUT2D eigenvalue weighted by Crippen LogP contribution is 1.86. The first-order valence-electron chi connectivity index (χ1n) is 3.08. The summed E-state index contributed by atoms with van der Waals surface area (Å²) < 4.78 is 0. The van der Waals surface area contributed by atoms with Crippen LogP contribution in [-0.2, 0) is 14.4 Å². The number of aliphatic hydroxyl groups is 1. The fourth-order valence-corrected chi connectivity index (χ4v) is 0.175. The van der Waals surface area contributed by atoms with Crippen LogP contribution in [0.5, 0.6) is 0 Å². The van der Waals surface area contributed by atoms with Crippen molar-refractivity contribution in [3.63, 3.8) is 0 Å². The Kier molecular flexibility index (Phi) is 22.5. The first kappa shape index (κ1) is 17.5. The Morgan fingerprint density at radius 2 is 1.54 bits per heavy atom. The van der Waals surface area contributed by atoms with Gasteiger partial charge in [-0.3, -0.25) is 9.59 Å². The maximum absolute atomic E-state index is 9.68. The summed E-state index contributed by atoms with van der Waals surface area (Å²) in [5, 5.41) is 30.0. The predicted molar refractivity (Wildman–Crippen MR) is 41.3 cm³/mol. The Labute approximate surface area is 74.2 Å². The summed E-state index contributed by atoms with van der Waals surface area (Å²) in [7, 11) is 0. The third-order valence-electron chi connectivity index (χ3n) is 0.672. The number of hydrogen-bond donors (Lipinski definition) is 4. The fourth-order valence-electron chi connectivity index (χ4n) is 0.175. The number of aliphatic carboxylic acids is 1. The third-order valence-corrected chi connectivity index (χ3v) is 0.672. The highest BCUT2D eigenvalue weighted by atomic mass is 16.4. The van der Waals surface area contributed by atoms with Crippen LogP contribution in [-0.4, -0.2) is 45.4 Å². The Morgan fingerprint density at radius 3 is 1.54 bits per heavy atom. The molecule has 13 heavy (non-hydrogen) atoms. The molecule has 0 amide bonds. The lowest BCUT2D eigenvalue weighted by molar-refractivity contribution is -0.146. The van der Waals surface area contributed by atoms with Gasteiger partial charge in [0, 0.05) is 0 Å². The minimum absolute atomic E-state index is 0.250. The molecule has 0 saturated heterocycles.